The van der Waals surface area contributed by atoms with Crippen molar-refractivity contribution in [2.75, 3.05) is 0 Å². The molecule has 0 aliphatic heterocycles. The number of aryl methyl sites for hydroxylation is 3. The predicted octanol–water partition coefficient (Wildman–Crippen LogP) is 9.09. The van der Waals surface area contributed by atoms with E-state index in [-0.39, 0.29) is 0 Å². The molecule has 1 aliphatic carbocycles. The number of rotatable bonds is 3. The van der Waals surface area contributed by atoms with Gasteiger partial charge >= 0.3 is 0 Å². The zero-order valence-electron chi connectivity index (χ0n) is 22.9. The number of benzene rings is 3. The van der Waals surface area contributed by atoms with Gasteiger partial charge < -0.3 is 0 Å². The molecule has 0 bridgehead atoms. The Labute approximate surface area is 230 Å². The van der Waals surface area contributed by atoms with E-state index in [0.29, 0.717) is 17.8 Å². The highest BCUT2D eigenvalue weighted by Crippen LogP contribution is 2.48. The highest BCUT2D eigenvalue weighted by atomic mass is 14.8. The normalized spacial score (nSPS) is 19.6. The van der Waals surface area contributed by atoms with Gasteiger partial charge in [0.2, 0.25) is 0 Å². The van der Waals surface area contributed by atoms with Gasteiger partial charge in [-0.25, -0.2) is 0 Å². The van der Waals surface area contributed by atoms with Gasteiger partial charge in [-0.15, -0.1) is 0 Å². The number of fused-ring (bicyclic) bond motifs is 3. The van der Waals surface area contributed by atoms with Crippen LogP contribution in [0.4, 0.5) is 0 Å². The highest BCUT2D eigenvalue weighted by molar-refractivity contribution is 5.83. The lowest BCUT2D eigenvalue weighted by Gasteiger charge is -2.35. The average molecular weight is 508 g/mol. The molecule has 192 valence electrons. The summed E-state index contributed by atoms with van der Waals surface area (Å²) in [5.74, 6) is 1.04. The van der Waals surface area contributed by atoms with E-state index in [1.54, 1.807) is 0 Å². The molecule has 0 unspecified atom stereocenters. The standard InChI is InChI=1S/C36H33N3/c1-22-16-34(37-31-13-7-4-10-28(22)31)25-19-26(35-17-23(2)29-11-5-8-14-32(29)38-35)21-27(20-25)36-18-24(3)30-12-6-9-15-33(30)39-36/h4-18,25-27H,19-21H2,1-3H3. The van der Waals surface area contributed by atoms with Crippen LogP contribution in [0.15, 0.2) is 91.0 Å². The zero-order chi connectivity index (χ0) is 26.5. The SMILES string of the molecule is Cc1cc(C2CC(c3cc(C)c4ccccc4n3)CC(c3cc(C)c4ccccc4n3)C2)nc2ccccc12. The lowest BCUT2D eigenvalue weighted by molar-refractivity contribution is 0.340. The third-order valence-electron chi connectivity index (χ3n) is 8.79. The van der Waals surface area contributed by atoms with Crippen molar-refractivity contribution in [3.63, 3.8) is 0 Å². The summed E-state index contributed by atoms with van der Waals surface area (Å²) in [7, 11) is 0. The molecule has 6 aromatic rings. The molecule has 3 aromatic heterocycles. The minimum absolute atomic E-state index is 0.346. The van der Waals surface area contributed by atoms with Crippen LogP contribution in [-0.2, 0) is 0 Å². The summed E-state index contributed by atoms with van der Waals surface area (Å²) in [6.07, 6.45) is 3.16. The smallest absolute Gasteiger partial charge is 0.0708 e. The predicted molar refractivity (Wildman–Crippen MR) is 162 cm³/mol. The van der Waals surface area contributed by atoms with Gasteiger partial charge in [0.05, 0.1) is 16.6 Å². The Hall–Kier alpha value is -4.11. The Morgan fingerprint density at radius 1 is 0.436 bits per heavy atom. The molecule has 0 amide bonds. The van der Waals surface area contributed by atoms with Gasteiger partial charge in [0, 0.05) is 51.0 Å². The van der Waals surface area contributed by atoms with E-state index in [2.05, 4.69) is 112 Å². The molecule has 3 heteroatoms. The first-order valence-corrected chi connectivity index (χ1v) is 14.1. The Bertz CT molecular complexity index is 1630. The largest absolute Gasteiger partial charge is 0.253 e. The molecule has 0 N–H and O–H groups in total. The van der Waals surface area contributed by atoms with Crippen LogP contribution in [0.25, 0.3) is 32.7 Å². The minimum atomic E-state index is 0.346. The summed E-state index contributed by atoms with van der Waals surface area (Å²) in [5, 5.41) is 3.72. The highest BCUT2D eigenvalue weighted by Gasteiger charge is 2.34. The second-order valence-electron chi connectivity index (χ2n) is 11.4. The van der Waals surface area contributed by atoms with Gasteiger partial charge in [0.25, 0.3) is 0 Å². The zero-order valence-corrected chi connectivity index (χ0v) is 22.9. The number of aromatic nitrogens is 3. The van der Waals surface area contributed by atoms with Crippen molar-refractivity contribution < 1.29 is 0 Å². The lowest BCUT2D eigenvalue weighted by atomic mass is 9.71. The molecule has 1 fully saturated rings. The van der Waals surface area contributed by atoms with Crippen molar-refractivity contribution in [2.45, 2.75) is 57.8 Å². The van der Waals surface area contributed by atoms with E-state index in [4.69, 9.17) is 15.0 Å². The van der Waals surface area contributed by atoms with Gasteiger partial charge in [-0.2, -0.15) is 0 Å². The fourth-order valence-electron chi connectivity index (χ4n) is 6.80. The van der Waals surface area contributed by atoms with Crippen LogP contribution in [0, 0.1) is 20.8 Å². The summed E-state index contributed by atoms with van der Waals surface area (Å²) in [4.78, 5) is 15.6. The van der Waals surface area contributed by atoms with Gasteiger partial charge in [0.1, 0.15) is 0 Å². The monoisotopic (exact) mass is 507 g/mol. The topological polar surface area (TPSA) is 38.7 Å². The molecule has 3 heterocycles. The van der Waals surface area contributed by atoms with Gasteiger partial charge in [-0.05, 0) is 93.1 Å². The molecular formula is C36H33N3. The average Bonchev–Trinajstić information content (AvgIpc) is 2.97. The molecule has 1 saturated carbocycles. The van der Waals surface area contributed by atoms with Gasteiger partial charge in [-0.3, -0.25) is 15.0 Å². The summed E-state index contributed by atoms with van der Waals surface area (Å²) in [6.45, 7) is 6.65. The van der Waals surface area contributed by atoms with E-state index in [0.717, 1.165) is 35.8 Å². The number of nitrogens with zero attached hydrogens (tertiary/aromatic N) is 3. The van der Waals surface area contributed by atoms with Crippen LogP contribution in [0.2, 0.25) is 0 Å². The summed E-state index contributed by atoms with van der Waals surface area (Å²) < 4.78 is 0. The maximum Gasteiger partial charge on any atom is 0.0708 e. The summed E-state index contributed by atoms with van der Waals surface area (Å²) in [6, 6.07) is 32.5. The fourth-order valence-corrected chi connectivity index (χ4v) is 6.80. The number of para-hydroxylation sites is 3. The van der Waals surface area contributed by atoms with Crippen LogP contribution >= 0.6 is 0 Å². The first-order chi connectivity index (χ1) is 19.0. The third kappa shape index (κ3) is 4.36. The molecule has 39 heavy (non-hydrogen) atoms. The van der Waals surface area contributed by atoms with E-state index >= 15 is 0 Å². The Balaban J connectivity index is 1.34. The van der Waals surface area contributed by atoms with Crippen molar-refractivity contribution in [2.24, 2.45) is 0 Å². The minimum Gasteiger partial charge on any atom is -0.253 e. The molecule has 0 saturated heterocycles. The number of hydrogen-bond acceptors (Lipinski definition) is 3. The van der Waals surface area contributed by atoms with Crippen molar-refractivity contribution in [1.29, 1.82) is 0 Å². The second-order valence-corrected chi connectivity index (χ2v) is 11.4. The molecule has 7 rings (SSSR count). The van der Waals surface area contributed by atoms with E-state index in [9.17, 15) is 0 Å². The van der Waals surface area contributed by atoms with E-state index in [1.807, 2.05) is 0 Å². The fraction of sp³-hybridized carbons (Fsp3) is 0.250. The van der Waals surface area contributed by atoms with Crippen LogP contribution in [0.3, 0.4) is 0 Å². The molecule has 0 atom stereocenters. The summed E-state index contributed by atoms with van der Waals surface area (Å²) >= 11 is 0. The third-order valence-corrected chi connectivity index (χ3v) is 8.79. The van der Waals surface area contributed by atoms with Crippen molar-refractivity contribution in [1.82, 2.24) is 15.0 Å². The molecule has 3 aromatic carbocycles. The maximum absolute atomic E-state index is 5.21. The quantitative estimate of drug-likeness (QED) is 0.240. The van der Waals surface area contributed by atoms with E-state index < -0.39 is 0 Å². The van der Waals surface area contributed by atoms with Crippen molar-refractivity contribution in [3.05, 3.63) is 125 Å². The van der Waals surface area contributed by atoms with E-state index in [1.165, 1.54) is 49.9 Å². The first kappa shape index (κ1) is 24.0. The Kier molecular flexibility index (Phi) is 5.88. The maximum atomic E-state index is 5.21. The Morgan fingerprint density at radius 2 is 0.718 bits per heavy atom. The van der Waals surface area contributed by atoms with Crippen LogP contribution in [0.1, 0.15) is 70.8 Å². The van der Waals surface area contributed by atoms with Crippen LogP contribution < -0.4 is 0 Å². The lowest BCUT2D eigenvalue weighted by Crippen LogP contribution is -2.22. The Morgan fingerprint density at radius 3 is 1.03 bits per heavy atom. The van der Waals surface area contributed by atoms with Crippen molar-refractivity contribution >= 4 is 32.7 Å². The van der Waals surface area contributed by atoms with Crippen LogP contribution in [-0.4, -0.2) is 15.0 Å². The molecular weight excluding hydrogens is 474 g/mol. The summed E-state index contributed by atoms with van der Waals surface area (Å²) in [5.41, 5.74) is 10.8. The molecule has 0 spiro atoms. The van der Waals surface area contributed by atoms with Gasteiger partial charge in [0.15, 0.2) is 0 Å². The molecule has 0 radical (unpaired) electrons. The second kappa shape index (κ2) is 9.57. The first-order valence-electron chi connectivity index (χ1n) is 14.1. The number of hydrogen-bond donors (Lipinski definition) is 0. The molecule has 1 aliphatic rings. The van der Waals surface area contributed by atoms with Gasteiger partial charge in [-0.1, -0.05) is 54.6 Å². The number of pyridine rings is 3. The van der Waals surface area contributed by atoms with Crippen LogP contribution in [0.5, 0.6) is 0 Å². The molecule has 3 nitrogen and oxygen atoms in total. The van der Waals surface area contributed by atoms with Crippen molar-refractivity contribution in [3.8, 4) is 0 Å².